The Balaban J connectivity index is 1.83. The molecular weight excluding hydrogens is 334 g/mol. The van der Waals surface area contributed by atoms with Gasteiger partial charge in [-0.15, -0.1) is 0 Å². The first-order valence-electron chi connectivity index (χ1n) is 7.62. The Morgan fingerprint density at radius 3 is 2.61 bits per heavy atom. The van der Waals surface area contributed by atoms with E-state index in [2.05, 4.69) is 10.2 Å². The van der Waals surface area contributed by atoms with Gasteiger partial charge in [-0.25, -0.2) is 0 Å². The molecule has 122 valence electrons. The third-order valence-electron chi connectivity index (χ3n) is 4.53. The number of carbonyl (C=O) groups excluding carboxylic acids is 2. The van der Waals surface area contributed by atoms with Crippen LogP contribution >= 0.6 is 23.8 Å². The highest BCUT2D eigenvalue weighted by atomic mass is 35.5. The van der Waals surface area contributed by atoms with Crippen molar-refractivity contribution in [1.29, 1.82) is 0 Å². The summed E-state index contributed by atoms with van der Waals surface area (Å²) in [5.41, 5.74) is 0.620. The lowest BCUT2D eigenvalue weighted by molar-refractivity contribution is -0.134. The van der Waals surface area contributed by atoms with Crippen LogP contribution in [0.1, 0.15) is 19.3 Å². The van der Waals surface area contributed by atoms with Crippen LogP contribution in [0.2, 0.25) is 5.02 Å². The van der Waals surface area contributed by atoms with Crippen LogP contribution in [0.15, 0.2) is 24.3 Å². The Hall–Kier alpha value is -1.50. The average Bonchev–Trinajstić information content (AvgIpc) is 2.90. The van der Waals surface area contributed by atoms with E-state index >= 15 is 0 Å². The quantitative estimate of drug-likeness (QED) is 0.670. The Morgan fingerprint density at radius 1 is 1.30 bits per heavy atom. The molecular formula is C16H18ClN3O2S. The van der Waals surface area contributed by atoms with Gasteiger partial charge < -0.3 is 10.2 Å². The van der Waals surface area contributed by atoms with Crippen molar-refractivity contribution in [3.8, 4) is 0 Å². The second kappa shape index (κ2) is 6.55. The summed E-state index contributed by atoms with van der Waals surface area (Å²) in [4.78, 5) is 28.7. The molecule has 1 N–H and O–H groups in total. The molecule has 0 saturated carbocycles. The van der Waals surface area contributed by atoms with E-state index in [-0.39, 0.29) is 23.0 Å². The molecule has 0 aromatic heterocycles. The SMILES string of the molecule is CN1CCCC1CC1C(=O)NC(=S)N(c2ccc(Cl)cc2)C1=O. The highest BCUT2D eigenvalue weighted by Gasteiger charge is 2.41. The first kappa shape index (κ1) is 16.4. The number of nitrogens with one attached hydrogen (secondary N) is 1. The molecule has 1 aromatic rings. The van der Waals surface area contributed by atoms with Crippen molar-refractivity contribution in [2.75, 3.05) is 18.5 Å². The van der Waals surface area contributed by atoms with E-state index in [4.69, 9.17) is 23.8 Å². The monoisotopic (exact) mass is 351 g/mol. The second-order valence-corrected chi connectivity index (χ2v) is 6.83. The summed E-state index contributed by atoms with van der Waals surface area (Å²) >= 11 is 11.1. The first-order valence-corrected chi connectivity index (χ1v) is 8.40. The summed E-state index contributed by atoms with van der Waals surface area (Å²) in [6.07, 6.45) is 2.63. The van der Waals surface area contributed by atoms with E-state index < -0.39 is 5.92 Å². The van der Waals surface area contributed by atoms with Crippen molar-refractivity contribution >= 4 is 46.4 Å². The summed E-state index contributed by atoms with van der Waals surface area (Å²) in [6, 6.07) is 7.10. The molecule has 0 radical (unpaired) electrons. The lowest BCUT2D eigenvalue weighted by atomic mass is 9.94. The van der Waals surface area contributed by atoms with Gasteiger partial charge >= 0.3 is 0 Å². The molecule has 2 heterocycles. The predicted molar refractivity (Wildman–Crippen MR) is 93.4 cm³/mol. The predicted octanol–water partition coefficient (Wildman–Crippen LogP) is 2.19. The third-order valence-corrected chi connectivity index (χ3v) is 5.07. The smallest absolute Gasteiger partial charge is 0.245 e. The lowest BCUT2D eigenvalue weighted by Gasteiger charge is -2.34. The van der Waals surface area contributed by atoms with Crippen LogP contribution in [0.4, 0.5) is 5.69 Å². The summed E-state index contributed by atoms with van der Waals surface area (Å²) in [5.74, 6) is -1.27. The molecule has 2 amide bonds. The van der Waals surface area contributed by atoms with Crippen LogP contribution in [0.3, 0.4) is 0 Å². The number of carbonyl (C=O) groups is 2. The molecule has 3 rings (SSSR count). The number of likely N-dealkylation sites (tertiary alicyclic amines) is 1. The summed E-state index contributed by atoms with van der Waals surface area (Å²) in [5, 5.41) is 3.36. The molecule has 23 heavy (non-hydrogen) atoms. The average molecular weight is 352 g/mol. The normalized spacial score (nSPS) is 25.8. The number of thiocarbonyl (C=S) groups is 1. The van der Waals surface area contributed by atoms with E-state index in [0.717, 1.165) is 19.4 Å². The zero-order chi connectivity index (χ0) is 16.6. The molecule has 2 atom stereocenters. The fourth-order valence-electron chi connectivity index (χ4n) is 3.21. The van der Waals surface area contributed by atoms with E-state index in [0.29, 0.717) is 17.1 Å². The van der Waals surface area contributed by atoms with Crippen LogP contribution in [0.25, 0.3) is 0 Å². The van der Waals surface area contributed by atoms with Gasteiger partial charge in [0.15, 0.2) is 5.11 Å². The summed E-state index contributed by atoms with van der Waals surface area (Å²) < 4.78 is 0. The molecule has 2 aliphatic heterocycles. The number of amides is 2. The molecule has 2 unspecified atom stereocenters. The van der Waals surface area contributed by atoms with Crippen molar-refractivity contribution in [3.63, 3.8) is 0 Å². The minimum atomic E-state index is -0.706. The summed E-state index contributed by atoms with van der Waals surface area (Å²) in [7, 11) is 2.03. The maximum atomic E-state index is 12.9. The van der Waals surface area contributed by atoms with Crippen molar-refractivity contribution in [2.45, 2.75) is 25.3 Å². The maximum absolute atomic E-state index is 12.9. The van der Waals surface area contributed by atoms with Crippen LogP contribution in [0.5, 0.6) is 0 Å². The van der Waals surface area contributed by atoms with Gasteiger partial charge in [0.1, 0.15) is 5.92 Å². The highest BCUT2D eigenvalue weighted by molar-refractivity contribution is 7.80. The minimum absolute atomic E-state index is 0.123. The van der Waals surface area contributed by atoms with Crippen molar-refractivity contribution in [1.82, 2.24) is 10.2 Å². The van der Waals surface area contributed by atoms with Gasteiger partial charge in [0, 0.05) is 11.1 Å². The molecule has 0 aliphatic carbocycles. The van der Waals surface area contributed by atoms with Crippen molar-refractivity contribution < 1.29 is 9.59 Å². The van der Waals surface area contributed by atoms with Gasteiger partial charge in [-0.3, -0.25) is 14.5 Å². The fourth-order valence-corrected chi connectivity index (χ4v) is 3.63. The number of halogens is 1. The molecule has 2 fully saturated rings. The van der Waals surface area contributed by atoms with Gasteiger partial charge in [0.25, 0.3) is 0 Å². The largest absolute Gasteiger partial charge is 0.303 e. The molecule has 7 heteroatoms. The van der Waals surface area contributed by atoms with Crippen molar-refractivity contribution in [3.05, 3.63) is 29.3 Å². The molecule has 0 spiro atoms. The molecule has 1 aromatic carbocycles. The van der Waals surface area contributed by atoms with E-state index in [1.807, 2.05) is 7.05 Å². The lowest BCUT2D eigenvalue weighted by Crippen LogP contribution is -2.59. The van der Waals surface area contributed by atoms with Crippen LogP contribution < -0.4 is 10.2 Å². The number of hydrogen-bond acceptors (Lipinski definition) is 4. The summed E-state index contributed by atoms with van der Waals surface area (Å²) in [6.45, 7) is 1.01. The Bertz CT molecular complexity index is 649. The van der Waals surface area contributed by atoms with E-state index in [1.54, 1.807) is 24.3 Å². The minimum Gasteiger partial charge on any atom is -0.303 e. The first-order chi connectivity index (χ1) is 11.0. The van der Waals surface area contributed by atoms with Crippen LogP contribution in [-0.4, -0.2) is 41.5 Å². The van der Waals surface area contributed by atoms with Gasteiger partial charge in [-0.2, -0.15) is 0 Å². The second-order valence-electron chi connectivity index (χ2n) is 6.01. The Morgan fingerprint density at radius 2 is 2.00 bits per heavy atom. The molecule has 5 nitrogen and oxygen atoms in total. The Labute approximate surface area is 145 Å². The van der Waals surface area contributed by atoms with E-state index in [1.165, 1.54) is 4.90 Å². The number of nitrogens with zero attached hydrogens (tertiary/aromatic N) is 2. The zero-order valence-corrected chi connectivity index (χ0v) is 14.4. The topological polar surface area (TPSA) is 52.7 Å². The highest BCUT2D eigenvalue weighted by Crippen LogP contribution is 2.28. The number of rotatable bonds is 3. The van der Waals surface area contributed by atoms with Gasteiger partial charge in [-0.05, 0) is 69.3 Å². The number of hydrogen-bond donors (Lipinski definition) is 1. The number of anilines is 1. The van der Waals surface area contributed by atoms with Gasteiger partial charge in [0.05, 0.1) is 5.69 Å². The van der Waals surface area contributed by atoms with E-state index in [9.17, 15) is 9.59 Å². The van der Waals surface area contributed by atoms with Gasteiger partial charge in [-0.1, -0.05) is 11.6 Å². The molecule has 2 saturated heterocycles. The van der Waals surface area contributed by atoms with Gasteiger partial charge in [0.2, 0.25) is 11.8 Å². The molecule has 2 aliphatic rings. The number of benzene rings is 1. The fraction of sp³-hybridized carbons (Fsp3) is 0.438. The third kappa shape index (κ3) is 3.24. The Kier molecular flexibility index (Phi) is 4.66. The van der Waals surface area contributed by atoms with Crippen molar-refractivity contribution in [2.24, 2.45) is 5.92 Å². The van der Waals surface area contributed by atoms with Crippen LogP contribution in [-0.2, 0) is 9.59 Å². The maximum Gasteiger partial charge on any atom is 0.245 e. The van der Waals surface area contributed by atoms with Crippen LogP contribution in [0, 0.1) is 5.92 Å². The standard InChI is InChI=1S/C16H18ClN3O2S/c1-19-8-2-3-12(19)9-13-14(21)18-16(23)20(15(13)22)11-6-4-10(17)5-7-11/h4-7,12-13H,2-3,8-9H2,1H3,(H,18,21,23). The zero-order valence-electron chi connectivity index (χ0n) is 12.8. The molecule has 0 bridgehead atoms.